The van der Waals surface area contributed by atoms with Crippen LogP contribution < -0.4 is 41.7 Å². The number of hydrogen-bond acceptors (Lipinski definition) is 14. The van der Waals surface area contributed by atoms with Gasteiger partial charge in [0.05, 0.1) is 35.5 Å². The number of quaternary nitrogens is 1. The average molecular weight is 1040 g/mol. The Hall–Kier alpha value is -5.08. The molecule has 1 saturated heterocycles. The fourth-order valence-electron chi connectivity index (χ4n) is 9.42. The zero-order chi connectivity index (χ0) is 48.9. The Morgan fingerprint density at radius 3 is 2.36 bits per heavy atom. The predicted molar refractivity (Wildman–Crippen MR) is 247 cm³/mol. The number of carbonyl (C=O) groups excluding carboxylic acids is 3. The van der Waals surface area contributed by atoms with Crippen LogP contribution in [0.3, 0.4) is 0 Å². The van der Waals surface area contributed by atoms with Gasteiger partial charge in [-0.2, -0.15) is 0 Å². The van der Waals surface area contributed by atoms with Crippen molar-refractivity contribution in [1.29, 1.82) is 0 Å². The fraction of sp³-hybridized carbons (Fsp3) is 0.500. The van der Waals surface area contributed by atoms with Crippen molar-refractivity contribution >= 4 is 56.3 Å². The SMILES string of the molecule is CO[C@H]1/C=C/O[C@@]2(C)Oc3c(C)c(=O)c4c(O)c(c5oc6cc(OC7CC[N+](C)([I-]C)CC7)ccc6nc5c4c3C2=O)NC(=O)/C(C)=C\C=C\[C@H](C)[C@H](O)[C@@H](C)[C@@H](O)[C@@H](C)[C@H](OC(C)=O)[C@@H]1C. The van der Waals surface area contributed by atoms with Crippen LogP contribution in [0.25, 0.3) is 33.0 Å². The number of phenols is 1. The molecule has 4 heterocycles. The van der Waals surface area contributed by atoms with E-state index in [4.69, 9.17) is 33.1 Å². The number of nitrogens with one attached hydrogen (secondary N) is 1. The summed E-state index contributed by atoms with van der Waals surface area (Å²) in [5.74, 6) is -6.66. The zero-order valence-electron chi connectivity index (χ0n) is 39.8. The predicted octanol–water partition coefficient (Wildman–Crippen LogP) is 3.62. The maximum atomic E-state index is 14.8. The van der Waals surface area contributed by atoms with Gasteiger partial charge in [-0.05, 0) is 19.9 Å². The van der Waals surface area contributed by atoms with Crippen molar-refractivity contribution in [2.24, 2.45) is 23.7 Å². The first-order valence-corrected chi connectivity index (χ1v) is 25.7. The standard InChI is InChI=1S/C50H62IN3O13/c1-24-13-12-14-25(2)49(61)53-40-44(59)37-36(39-47(40)66-35-23-32(15-16-33(35)52-39)65-31-17-20-54(10,51-9)21-18-31)38-46(29(6)43(37)58)67-50(8,48(38)60)63-22-19-34(62-11)26(3)45(64-30(7)55)28(5)42(57)27(4)41(24)56/h12-16,19,22-24,26-28,31,34,41-42,45,56-57,59H,17-18,20-21H2,1-11H3,(H,53,61)/b13-12+,22-19+,25-14-/t24-,26+,27+,28+,31?,34-,41-,42+,45+,50-,54?/m0/s1. The average Bonchev–Trinajstić information content (AvgIpc) is 3.57. The number of amides is 1. The van der Waals surface area contributed by atoms with Gasteiger partial charge in [-0.1, -0.05) is 45.9 Å². The monoisotopic (exact) mass is 1040 g/mol. The molecule has 0 aliphatic carbocycles. The second-order valence-corrected chi connectivity index (χ2v) is 21.8. The molecular weight excluding hydrogens is 977 g/mol. The van der Waals surface area contributed by atoms with Crippen molar-refractivity contribution in [2.45, 2.75) is 105 Å². The molecule has 3 aliphatic rings. The smallest absolute Gasteiger partial charge is 0.462 e. The van der Waals surface area contributed by atoms with E-state index in [1.165, 1.54) is 46.3 Å². The van der Waals surface area contributed by atoms with Crippen molar-refractivity contribution < 1.29 is 82.0 Å². The second-order valence-electron chi connectivity index (χ2n) is 18.6. The molecule has 0 radical (unpaired) electrons. The van der Waals surface area contributed by atoms with E-state index in [9.17, 15) is 34.5 Å². The van der Waals surface area contributed by atoms with Crippen LogP contribution in [-0.4, -0.2) is 109 Å². The number of esters is 1. The van der Waals surface area contributed by atoms with Gasteiger partial charge in [0.1, 0.15) is 11.9 Å². The number of nitrogens with zero attached hydrogens (tertiary/aromatic N) is 2. The van der Waals surface area contributed by atoms with Crippen LogP contribution >= 0.6 is 0 Å². The topological polar surface area (TPSA) is 213 Å². The Morgan fingerprint density at radius 1 is 1.00 bits per heavy atom. The summed E-state index contributed by atoms with van der Waals surface area (Å²) >= 11 is 0.0203. The molecule has 362 valence electrons. The van der Waals surface area contributed by atoms with Gasteiger partial charge in [0.25, 0.3) is 11.7 Å². The Labute approximate surface area is 400 Å². The molecule has 4 N–H and O–H groups in total. The molecule has 0 unspecified atom stereocenters. The van der Waals surface area contributed by atoms with Crippen LogP contribution in [0.15, 0.2) is 63.6 Å². The van der Waals surface area contributed by atoms with Crippen molar-refractivity contribution in [3.63, 3.8) is 0 Å². The third kappa shape index (κ3) is 9.54. The second kappa shape index (κ2) is 19.5. The number of hydrogen-bond donors (Lipinski definition) is 4. The molecule has 3 aromatic carbocycles. The number of aliphatic hydroxyl groups excluding tert-OH is 2. The Bertz CT molecular complexity index is 2760. The number of likely N-dealkylation sites (tertiary alicyclic amines) is 1. The molecule has 17 heteroatoms. The third-order valence-electron chi connectivity index (χ3n) is 13.8. The number of aromatic hydroxyl groups is 1. The molecule has 3 aliphatic heterocycles. The number of piperidine rings is 1. The van der Waals surface area contributed by atoms with E-state index >= 15 is 0 Å². The fourth-order valence-corrected chi connectivity index (χ4v) is 10.9. The number of aliphatic hydroxyl groups is 2. The number of alkyl halides is 1. The maximum absolute atomic E-state index is 14.8. The quantitative estimate of drug-likeness (QED) is 0.0428. The number of ether oxygens (including phenoxy) is 5. The zero-order valence-corrected chi connectivity index (χ0v) is 42.0. The van der Waals surface area contributed by atoms with E-state index < -0.39 is 82.7 Å². The minimum Gasteiger partial charge on any atom is -0.462 e. The van der Waals surface area contributed by atoms with Crippen molar-refractivity contribution in [3.05, 3.63) is 75.7 Å². The number of fused-ring (bicyclic) bond motifs is 2. The van der Waals surface area contributed by atoms with E-state index in [-0.39, 0.29) is 83.2 Å². The first-order chi connectivity index (χ1) is 31.6. The number of ketones is 1. The number of anilines is 1. The number of allylic oxidation sites excluding steroid dienone is 2. The molecule has 4 aromatic rings. The molecule has 1 fully saturated rings. The number of rotatable bonds is 5. The summed E-state index contributed by atoms with van der Waals surface area (Å²) in [6, 6.07) is 5.19. The Morgan fingerprint density at radius 2 is 1.70 bits per heavy atom. The van der Waals surface area contributed by atoms with Crippen LogP contribution in [0.1, 0.15) is 77.2 Å². The molecule has 1 aromatic heterocycles. The van der Waals surface area contributed by atoms with Gasteiger partial charge in [-0.25, -0.2) is 0 Å². The molecule has 16 nitrogen and oxygen atoms in total. The molecule has 4 bridgehead atoms. The summed E-state index contributed by atoms with van der Waals surface area (Å²) < 4.78 is 38.0. The van der Waals surface area contributed by atoms with Gasteiger partial charge in [-0.15, -0.1) is 0 Å². The van der Waals surface area contributed by atoms with Gasteiger partial charge in [-0.3, -0.25) is 19.2 Å². The normalized spacial score (nSPS) is 32.7. The Kier molecular flexibility index (Phi) is 14.5. The van der Waals surface area contributed by atoms with E-state index in [0.29, 0.717) is 11.3 Å². The number of Topliss-reactive ketones (excluding diaryl/α,β-unsaturated/α-hetero) is 1. The first-order valence-electron chi connectivity index (χ1n) is 22.6. The van der Waals surface area contributed by atoms with Gasteiger partial charge >= 0.3 is 162 Å². The van der Waals surface area contributed by atoms with Gasteiger partial charge in [0, 0.05) is 55.8 Å². The number of aromatic nitrogens is 1. The molecule has 7 rings (SSSR count). The van der Waals surface area contributed by atoms with Gasteiger partial charge in [0.15, 0.2) is 5.43 Å². The molecule has 0 spiro atoms. The Balaban J connectivity index is 1.40. The molecule has 1 amide bonds. The van der Waals surface area contributed by atoms with Crippen LogP contribution in [0.5, 0.6) is 17.2 Å². The van der Waals surface area contributed by atoms with Crippen LogP contribution in [-0.2, 0) is 23.8 Å². The molecular formula is C50H62IN3O13. The summed E-state index contributed by atoms with van der Waals surface area (Å²) in [6.45, 7) is 14.7. The van der Waals surface area contributed by atoms with Crippen LogP contribution in [0.4, 0.5) is 5.69 Å². The van der Waals surface area contributed by atoms with Crippen molar-refractivity contribution in [3.8, 4) is 17.2 Å². The summed E-state index contributed by atoms with van der Waals surface area (Å²) in [4.78, 5) is 62.9. The number of carbonyl (C=O) groups is 3. The summed E-state index contributed by atoms with van der Waals surface area (Å²) in [7, 11) is 3.74. The van der Waals surface area contributed by atoms with E-state index in [1.807, 2.05) is 0 Å². The van der Waals surface area contributed by atoms with E-state index in [1.54, 1.807) is 65.0 Å². The molecule has 67 heavy (non-hydrogen) atoms. The van der Waals surface area contributed by atoms with Crippen molar-refractivity contribution in [2.75, 3.05) is 37.5 Å². The number of halogens is 1. The van der Waals surface area contributed by atoms with Gasteiger partial charge in [0.2, 0.25) is 0 Å². The minimum atomic E-state index is -2.04. The first kappa shape index (κ1) is 49.8. The number of phenolic OH excluding ortho intramolecular Hbond substituents is 1. The van der Waals surface area contributed by atoms with E-state index in [2.05, 4.69) is 17.3 Å². The van der Waals surface area contributed by atoms with E-state index in [0.717, 1.165) is 28.6 Å². The number of methoxy groups -OCH3 is 1. The number of benzene rings is 3. The summed E-state index contributed by atoms with van der Waals surface area (Å²) in [5.41, 5.74) is -0.363. The third-order valence-corrected chi connectivity index (χ3v) is 17.1. The van der Waals surface area contributed by atoms with Crippen molar-refractivity contribution in [1.82, 2.24) is 4.98 Å². The van der Waals surface area contributed by atoms with Gasteiger partial charge < -0.3 is 34.3 Å². The van der Waals surface area contributed by atoms with Crippen LogP contribution in [0.2, 0.25) is 0 Å². The molecule has 0 saturated carbocycles. The molecule has 9 atom stereocenters. The minimum absolute atomic E-state index is 0.00105. The van der Waals surface area contributed by atoms with Crippen LogP contribution in [0, 0.1) is 30.6 Å². The summed E-state index contributed by atoms with van der Waals surface area (Å²) in [6.07, 6.45) is 5.46. The summed E-state index contributed by atoms with van der Waals surface area (Å²) in [5, 5.41) is 37.6.